The molecule has 0 amide bonds. The fourth-order valence-electron chi connectivity index (χ4n) is 1.95. The second-order valence-electron chi connectivity index (χ2n) is 4.39. The highest BCUT2D eigenvalue weighted by molar-refractivity contribution is 5.84. The first-order valence-corrected chi connectivity index (χ1v) is 6.17. The average molecular weight is 277 g/mol. The Labute approximate surface area is 114 Å². The standard InChI is InChI=1S/C13H15N3O4/c14-11(13(17)20-6-5-16(18)19)7-9-8-15-12-4-2-1-3-10(9)12/h1-4,8,11,15H,5-7,14H2/t11-/m0/s1. The fourth-order valence-corrected chi connectivity index (χ4v) is 1.95. The lowest BCUT2D eigenvalue weighted by molar-refractivity contribution is -0.482. The molecule has 0 saturated carbocycles. The van der Waals surface area contributed by atoms with Crippen LogP contribution >= 0.6 is 0 Å². The summed E-state index contributed by atoms with van der Waals surface area (Å²) in [4.78, 5) is 24.3. The number of hydrogen-bond acceptors (Lipinski definition) is 5. The zero-order chi connectivity index (χ0) is 14.5. The van der Waals surface area contributed by atoms with Gasteiger partial charge in [0.05, 0.1) is 0 Å². The van der Waals surface area contributed by atoms with E-state index in [2.05, 4.69) is 4.98 Å². The molecule has 0 radical (unpaired) electrons. The van der Waals surface area contributed by atoms with E-state index >= 15 is 0 Å². The molecule has 1 atom stereocenters. The van der Waals surface area contributed by atoms with E-state index in [1.807, 2.05) is 24.3 Å². The number of hydrogen-bond donors (Lipinski definition) is 2. The van der Waals surface area contributed by atoms with Crippen LogP contribution in [0.5, 0.6) is 0 Å². The van der Waals surface area contributed by atoms with Crippen molar-refractivity contribution >= 4 is 16.9 Å². The monoisotopic (exact) mass is 277 g/mol. The van der Waals surface area contributed by atoms with Crippen molar-refractivity contribution in [3.05, 3.63) is 46.1 Å². The Hall–Kier alpha value is -2.41. The summed E-state index contributed by atoms with van der Waals surface area (Å²) in [5, 5.41) is 11.1. The summed E-state index contributed by atoms with van der Waals surface area (Å²) in [6.45, 7) is -0.668. The first kappa shape index (κ1) is 14.0. The fraction of sp³-hybridized carbons (Fsp3) is 0.308. The number of H-pyrrole nitrogens is 1. The maximum atomic E-state index is 11.6. The Morgan fingerprint density at radius 3 is 2.95 bits per heavy atom. The smallest absolute Gasteiger partial charge is 0.323 e. The van der Waals surface area contributed by atoms with E-state index in [1.54, 1.807) is 6.20 Å². The minimum absolute atomic E-state index is 0.257. The molecule has 0 unspecified atom stereocenters. The van der Waals surface area contributed by atoms with Crippen LogP contribution in [-0.4, -0.2) is 35.1 Å². The molecule has 0 aliphatic carbocycles. The van der Waals surface area contributed by atoms with Crippen LogP contribution in [0.3, 0.4) is 0 Å². The Morgan fingerprint density at radius 1 is 1.45 bits per heavy atom. The van der Waals surface area contributed by atoms with Crippen LogP contribution in [0, 0.1) is 10.1 Å². The van der Waals surface area contributed by atoms with Gasteiger partial charge in [0.25, 0.3) is 0 Å². The minimum atomic E-state index is -0.832. The average Bonchev–Trinajstić information content (AvgIpc) is 2.81. The minimum Gasteiger partial charge on any atom is -0.458 e. The molecule has 1 heterocycles. The van der Waals surface area contributed by atoms with Crippen LogP contribution in [0.4, 0.5) is 0 Å². The summed E-state index contributed by atoms with van der Waals surface area (Å²) in [6, 6.07) is 6.85. The number of esters is 1. The molecule has 0 bridgehead atoms. The largest absolute Gasteiger partial charge is 0.458 e. The van der Waals surface area contributed by atoms with E-state index in [9.17, 15) is 14.9 Å². The molecule has 2 aromatic rings. The van der Waals surface area contributed by atoms with Gasteiger partial charge in [-0.05, 0) is 11.6 Å². The molecular formula is C13H15N3O4. The van der Waals surface area contributed by atoms with Crippen LogP contribution in [-0.2, 0) is 16.0 Å². The normalized spacial score (nSPS) is 12.2. The number of nitrogens with zero attached hydrogens (tertiary/aromatic N) is 1. The predicted octanol–water partition coefficient (Wildman–Crippen LogP) is 0.858. The molecule has 2 rings (SSSR count). The van der Waals surface area contributed by atoms with Gasteiger partial charge in [-0.25, -0.2) is 0 Å². The summed E-state index contributed by atoms with van der Waals surface area (Å²) < 4.78 is 4.76. The molecule has 0 aliphatic heterocycles. The number of nitro groups is 1. The van der Waals surface area contributed by atoms with Crippen molar-refractivity contribution in [3.8, 4) is 0 Å². The summed E-state index contributed by atoms with van der Waals surface area (Å²) >= 11 is 0. The highest BCUT2D eigenvalue weighted by Crippen LogP contribution is 2.18. The number of benzene rings is 1. The van der Waals surface area contributed by atoms with Gasteiger partial charge in [-0.3, -0.25) is 14.9 Å². The molecule has 7 heteroatoms. The Balaban J connectivity index is 1.95. The third-order valence-corrected chi connectivity index (χ3v) is 2.94. The van der Waals surface area contributed by atoms with Gasteiger partial charge in [0, 0.05) is 28.4 Å². The lowest BCUT2D eigenvalue weighted by Gasteiger charge is -2.09. The third-order valence-electron chi connectivity index (χ3n) is 2.94. The molecular weight excluding hydrogens is 262 g/mol. The Kier molecular flexibility index (Phi) is 4.31. The van der Waals surface area contributed by atoms with Gasteiger partial charge >= 0.3 is 5.97 Å². The van der Waals surface area contributed by atoms with E-state index in [4.69, 9.17) is 10.5 Å². The van der Waals surface area contributed by atoms with Gasteiger partial charge in [-0.15, -0.1) is 0 Å². The number of carbonyl (C=O) groups is 1. The summed E-state index contributed by atoms with van der Waals surface area (Å²) in [6.07, 6.45) is 2.12. The van der Waals surface area contributed by atoms with E-state index in [-0.39, 0.29) is 6.61 Å². The molecule has 20 heavy (non-hydrogen) atoms. The summed E-state index contributed by atoms with van der Waals surface area (Å²) in [7, 11) is 0. The van der Waals surface area contributed by atoms with Gasteiger partial charge < -0.3 is 15.5 Å². The molecule has 106 valence electrons. The highest BCUT2D eigenvalue weighted by atomic mass is 16.6. The number of fused-ring (bicyclic) bond motifs is 1. The molecule has 7 nitrogen and oxygen atoms in total. The van der Waals surface area contributed by atoms with Crippen molar-refractivity contribution in [2.75, 3.05) is 13.2 Å². The Morgan fingerprint density at radius 2 is 2.20 bits per heavy atom. The number of para-hydroxylation sites is 1. The van der Waals surface area contributed by atoms with Crippen LogP contribution in [0.2, 0.25) is 0 Å². The number of aromatic nitrogens is 1. The SMILES string of the molecule is N[C@@H](Cc1c[nH]c2ccccc12)C(=O)OCC[N+](=O)[O-]. The van der Waals surface area contributed by atoms with Crippen molar-refractivity contribution in [3.63, 3.8) is 0 Å². The molecule has 1 aromatic carbocycles. The first-order chi connectivity index (χ1) is 9.58. The lowest BCUT2D eigenvalue weighted by Crippen LogP contribution is -2.35. The molecule has 0 aliphatic rings. The zero-order valence-corrected chi connectivity index (χ0v) is 10.7. The number of rotatable bonds is 6. The second kappa shape index (κ2) is 6.16. The van der Waals surface area contributed by atoms with Crippen LogP contribution in [0.15, 0.2) is 30.5 Å². The first-order valence-electron chi connectivity index (χ1n) is 6.17. The van der Waals surface area contributed by atoms with Crippen molar-refractivity contribution in [1.82, 2.24) is 4.98 Å². The number of ether oxygens (including phenoxy) is 1. The molecule has 1 aromatic heterocycles. The van der Waals surface area contributed by atoms with Gasteiger partial charge in [0.2, 0.25) is 6.54 Å². The number of nitrogens with one attached hydrogen (secondary N) is 1. The van der Waals surface area contributed by atoms with E-state index < -0.39 is 23.5 Å². The van der Waals surface area contributed by atoms with Gasteiger partial charge in [-0.2, -0.15) is 0 Å². The number of aromatic amines is 1. The topological polar surface area (TPSA) is 111 Å². The number of carbonyl (C=O) groups excluding carboxylic acids is 1. The predicted molar refractivity (Wildman–Crippen MR) is 72.8 cm³/mol. The van der Waals surface area contributed by atoms with E-state index in [0.717, 1.165) is 16.5 Å². The molecule has 0 saturated heterocycles. The van der Waals surface area contributed by atoms with E-state index in [0.29, 0.717) is 6.42 Å². The third kappa shape index (κ3) is 3.33. The van der Waals surface area contributed by atoms with Crippen molar-refractivity contribution in [2.45, 2.75) is 12.5 Å². The van der Waals surface area contributed by atoms with Gasteiger partial charge in [0.1, 0.15) is 6.04 Å². The molecule has 0 spiro atoms. The maximum Gasteiger partial charge on any atom is 0.323 e. The van der Waals surface area contributed by atoms with E-state index in [1.165, 1.54) is 0 Å². The highest BCUT2D eigenvalue weighted by Gasteiger charge is 2.18. The van der Waals surface area contributed by atoms with Crippen LogP contribution in [0.1, 0.15) is 5.56 Å². The van der Waals surface area contributed by atoms with Crippen molar-refractivity contribution in [1.29, 1.82) is 0 Å². The van der Waals surface area contributed by atoms with Crippen molar-refractivity contribution < 1.29 is 14.5 Å². The number of nitrogens with two attached hydrogens (primary N) is 1. The Bertz CT molecular complexity index is 623. The quantitative estimate of drug-likeness (QED) is 0.462. The molecule has 0 fully saturated rings. The zero-order valence-electron chi connectivity index (χ0n) is 10.7. The second-order valence-corrected chi connectivity index (χ2v) is 4.39. The van der Waals surface area contributed by atoms with Gasteiger partial charge in [0.15, 0.2) is 6.61 Å². The molecule has 3 N–H and O–H groups in total. The maximum absolute atomic E-state index is 11.6. The van der Waals surface area contributed by atoms with Crippen LogP contribution in [0.25, 0.3) is 10.9 Å². The summed E-state index contributed by atoms with van der Waals surface area (Å²) in [5.41, 5.74) is 7.64. The van der Waals surface area contributed by atoms with Crippen molar-refractivity contribution in [2.24, 2.45) is 5.73 Å². The van der Waals surface area contributed by atoms with Gasteiger partial charge in [-0.1, -0.05) is 18.2 Å². The summed E-state index contributed by atoms with van der Waals surface area (Å²) in [5.74, 6) is -0.628. The van der Waals surface area contributed by atoms with Crippen LogP contribution < -0.4 is 5.73 Å². The lowest BCUT2D eigenvalue weighted by atomic mass is 10.1.